The fourth-order valence-electron chi connectivity index (χ4n) is 3.23. The van der Waals surface area contributed by atoms with Crippen molar-refractivity contribution in [2.75, 3.05) is 19.8 Å². The first-order valence-corrected chi connectivity index (χ1v) is 9.12. The molecule has 25 heavy (non-hydrogen) atoms. The van der Waals surface area contributed by atoms with Crippen LogP contribution in [0.1, 0.15) is 61.2 Å². The number of hydrogen-bond donors (Lipinski definition) is 2. The quantitative estimate of drug-likeness (QED) is 0.805. The van der Waals surface area contributed by atoms with Crippen molar-refractivity contribution in [3.8, 4) is 0 Å². The number of nitrogens with one attached hydrogen (secondary N) is 1. The van der Waals surface area contributed by atoms with Crippen molar-refractivity contribution < 1.29 is 19.1 Å². The first-order valence-electron chi connectivity index (χ1n) is 9.12. The van der Waals surface area contributed by atoms with Gasteiger partial charge < -0.3 is 19.6 Å². The van der Waals surface area contributed by atoms with E-state index in [1.54, 1.807) is 12.1 Å². The van der Waals surface area contributed by atoms with Crippen molar-refractivity contribution in [1.29, 1.82) is 0 Å². The Morgan fingerprint density at radius 3 is 2.96 bits per heavy atom. The average Bonchev–Trinajstić information content (AvgIpc) is 3.08. The van der Waals surface area contributed by atoms with E-state index in [4.69, 9.17) is 9.15 Å². The number of oxazole rings is 1. The molecule has 1 amide bonds. The number of aliphatic hydroxyl groups excluding tert-OH is 1. The average molecular weight is 346 g/mol. The van der Waals surface area contributed by atoms with Crippen LogP contribution in [-0.4, -0.2) is 41.9 Å². The fraction of sp³-hybridized carbons (Fsp3) is 0.579. The van der Waals surface area contributed by atoms with Crippen LogP contribution in [0, 0.1) is 0 Å². The Morgan fingerprint density at radius 1 is 1.40 bits per heavy atom. The van der Waals surface area contributed by atoms with Gasteiger partial charge in [0.15, 0.2) is 11.5 Å². The third-order valence-corrected chi connectivity index (χ3v) is 4.63. The number of aliphatic hydroxyl groups is 1. The molecule has 6 nitrogen and oxygen atoms in total. The fourth-order valence-corrected chi connectivity index (χ4v) is 3.23. The predicted molar refractivity (Wildman–Crippen MR) is 94.7 cm³/mol. The van der Waals surface area contributed by atoms with Crippen molar-refractivity contribution >= 4 is 17.0 Å². The van der Waals surface area contributed by atoms with Gasteiger partial charge in [0.05, 0.1) is 12.7 Å². The maximum Gasteiger partial charge on any atom is 0.251 e. The molecule has 0 saturated heterocycles. The summed E-state index contributed by atoms with van der Waals surface area (Å²) in [7, 11) is 0. The largest absolute Gasteiger partial charge is 0.440 e. The molecule has 1 aromatic heterocycles. The van der Waals surface area contributed by atoms with Crippen molar-refractivity contribution in [1.82, 2.24) is 10.3 Å². The Bertz CT molecular complexity index is 707. The van der Waals surface area contributed by atoms with Gasteiger partial charge in [-0.25, -0.2) is 4.98 Å². The maximum atomic E-state index is 12.2. The molecule has 0 bridgehead atoms. The lowest BCUT2D eigenvalue weighted by Crippen LogP contribution is -2.34. The zero-order valence-corrected chi connectivity index (χ0v) is 14.7. The smallest absolute Gasteiger partial charge is 0.251 e. The minimum atomic E-state index is -0.712. The number of carbonyl (C=O) groups is 1. The molecule has 1 aromatic carbocycles. The van der Waals surface area contributed by atoms with Crippen molar-refractivity contribution in [3.63, 3.8) is 0 Å². The molecule has 1 saturated carbocycles. The summed E-state index contributed by atoms with van der Waals surface area (Å²) in [5.41, 5.74) is 1.93. The number of benzene rings is 1. The van der Waals surface area contributed by atoms with E-state index >= 15 is 0 Å². The molecule has 1 fully saturated rings. The molecule has 1 heterocycles. The summed E-state index contributed by atoms with van der Waals surface area (Å²) in [4.78, 5) is 16.8. The maximum absolute atomic E-state index is 12.2. The van der Waals surface area contributed by atoms with E-state index in [-0.39, 0.29) is 19.1 Å². The number of rotatable bonds is 7. The van der Waals surface area contributed by atoms with Crippen LogP contribution in [0.5, 0.6) is 0 Å². The van der Waals surface area contributed by atoms with E-state index in [1.807, 2.05) is 13.0 Å². The van der Waals surface area contributed by atoms with Crippen LogP contribution in [0.3, 0.4) is 0 Å². The normalized spacial score (nSPS) is 16.9. The molecule has 2 aromatic rings. The third kappa shape index (κ3) is 4.58. The van der Waals surface area contributed by atoms with Gasteiger partial charge in [-0.2, -0.15) is 0 Å². The van der Waals surface area contributed by atoms with Crippen LogP contribution in [0.4, 0.5) is 0 Å². The van der Waals surface area contributed by atoms with Crippen LogP contribution in [0.15, 0.2) is 22.6 Å². The van der Waals surface area contributed by atoms with E-state index in [2.05, 4.69) is 10.3 Å². The van der Waals surface area contributed by atoms with Gasteiger partial charge in [0.25, 0.3) is 5.91 Å². The number of aromatic nitrogens is 1. The summed E-state index contributed by atoms with van der Waals surface area (Å²) in [6.07, 6.45) is 5.27. The zero-order chi connectivity index (χ0) is 17.6. The lowest BCUT2D eigenvalue weighted by molar-refractivity contribution is 0.0418. The van der Waals surface area contributed by atoms with Gasteiger partial charge in [0.2, 0.25) is 0 Å². The summed E-state index contributed by atoms with van der Waals surface area (Å²) in [6, 6.07) is 5.27. The Hall–Kier alpha value is -1.92. The van der Waals surface area contributed by atoms with E-state index in [0.29, 0.717) is 23.7 Å². The summed E-state index contributed by atoms with van der Waals surface area (Å²) in [5, 5.41) is 12.4. The molecule has 3 rings (SSSR count). The first-order chi connectivity index (χ1) is 12.2. The molecule has 0 spiro atoms. The Morgan fingerprint density at radius 2 is 2.20 bits per heavy atom. The Kier molecular flexibility index (Phi) is 6.04. The van der Waals surface area contributed by atoms with E-state index in [0.717, 1.165) is 24.2 Å². The molecule has 1 aliphatic carbocycles. The minimum absolute atomic E-state index is 0.153. The van der Waals surface area contributed by atoms with Gasteiger partial charge in [0, 0.05) is 24.6 Å². The van der Waals surface area contributed by atoms with Gasteiger partial charge in [0.1, 0.15) is 5.52 Å². The van der Waals surface area contributed by atoms with Gasteiger partial charge in [-0.15, -0.1) is 0 Å². The van der Waals surface area contributed by atoms with Crippen LogP contribution >= 0.6 is 0 Å². The molecule has 0 radical (unpaired) electrons. The third-order valence-electron chi connectivity index (χ3n) is 4.63. The second kappa shape index (κ2) is 8.45. The molecule has 2 N–H and O–H groups in total. The zero-order valence-electron chi connectivity index (χ0n) is 14.7. The minimum Gasteiger partial charge on any atom is -0.440 e. The second-order valence-corrected chi connectivity index (χ2v) is 6.59. The molecular formula is C19H26N2O4. The second-order valence-electron chi connectivity index (χ2n) is 6.59. The highest BCUT2D eigenvalue weighted by atomic mass is 16.5. The summed E-state index contributed by atoms with van der Waals surface area (Å²) >= 11 is 0. The summed E-state index contributed by atoms with van der Waals surface area (Å²) in [5.74, 6) is 0.944. The lowest BCUT2D eigenvalue weighted by Gasteiger charge is -2.17. The van der Waals surface area contributed by atoms with Gasteiger partial charge in [-0.3, -0.25) is 4.79 Å². The highest BCUT2D eigenvalue weighted by molar-refractivity contribution is 5.97. The highest BCUT2D eigenvalue weighted by Crippen LogP contribution is 2.33. The Balaban J connectivity index is 1.65. The van der Waals surface area contributed by atoms with E-state index in [9.17, 15) is 9.90 Å². The van der Waals surface area contributed by atoms with Crippen LogP contribution in [0.25, 0.3) is 11.1 Å². The number of amides is 1. The number of carbonyl (C=O) groups excluding carboxylic acids is 1. The van der Waals surface area contributed by atoms with Crippen molar-refractivity contribution in [3.05, 3.63) is 29.7 Å². The van der Waals surface area contributed by atoms with Crippen molar-refractivity contribution in [2.45, 2.75) is 51.0 Å². The van der Waals surface area contributed by atoms with Crippen LogP contribution < -0.4 is 5.32 Å². The van der Waals surface area contributed by atoms with Gasteiger partial charge >= 0.3 is 0 Å². The first kappa shape index (κ1) is 17.9. The monoisotopic (exact) mass is 346 g/mol. The van der Waals surface area contributed by atoms with Crippen LogP contribution in [-0.2, 0) is 4.74 Å². The summed E-state index contributed by atoms with van der Waals surface area (Å²) < 4.78 is 11.0. The topological polar surface area (TPSA) is 84.6 Å². The van der Waals surface area contributed by atoms with E-state index in [1.165, 1.54) is 19.3 Å². The van der Waals surface area contributed by atoms with Crippen LogP contribution in [0.2, 0.25) is 0 Å². The molecule has 6 heteroatoms. The standard InChI is InChI=1S/C19H26N2O4/c1-2-24-12-15(22)11-20-18(23)14-8-9-16-17(10-14)25-19(21-16)13-6-4-3-5-7-13/h8-10,13,15,22H,2-7,11-12H2,1H3,(H,20,23)/t15-/m1/s1. The highest BCUT2D eigenvalue weighted by Gasteiger charge is 2.21. The SMILES string of the molecule is CCOC[C@H](O)CNC(=O)c1ccc2nc(C3CCCCC3)oc2c1. The lowest BCUT2D eigenvalue weighted by atomic mass is 9.89. The number of hydrogen-bond acceptors (Lipinski definition) is 5. The molecule has 0 aliphatic heterocycles. The molecule has 136 valence electrons. The molecule has 1 aliphatic rings. The molecular weight excluding hydrogens is 320 g/mol. The van der Waals surface area contributed by atoms with Gasteiger partial charge in [-0.1, -0.05) is 19.3 Å². The molecule has 0 unspecified atom stereocenters. The van der Waals surface area contributed by atoms with E-state index < -0.39 is 6.10 Å². The van der Waals surface area contributed by atoms with Gasteiger partial charge in [-0.05, 0) is 38.0 Å². The molecule has 1 atom stereocenters. The Labute approximate surface area is 147 Å². The number of nitrogens with zero attached hydrogens (tertiary/aromatic N) is 1. The number of fused-ring (bicyclic) bond motifs is 1. The number of ether oxygens (including phenoxy) is 1. The summed E-state index contributed by atoms with van der Waals surface area (Å²) in [6.45, 7) is 2.76. The van der Waals surface area contributed by atoms with Crippen molar-refractivity contribution in [2.24, 2.45) is 0 Å². The predicted octanol–water partition coefficient (Wildman–Crippen LogP) is 3.00.